The van der Waals surface area contributed by atoms with Crippen molar-refractivity contribution in [3.05, 3.63) is 17.6 Å². The highest BCUT2D eigenvalue weighted by Gasteiger charge is 2.19. The van der Waals surface area contributed by atoms with Gasteiger partial charge in [0.1, 0.15) is 11.6 Å². The molecule has 1 heterocycles. The van der Waals surface area contributed by atoms with E-state index in [1.807, 2.05) is 7.05 Å². The van der Waals surface area contributed by atoms with Crippen LogP contribution < -0.4 is 5.32 Å². The van der Waals surface area contributed by atoms with Crippen LogP contribution in [0.5, 0.6) is 0 Å². The molecule has 1 saturated carbocycles. The lowest BCUT2D eigenvalue weighted by Crippen LogP contribution is -2.08. The molecule has 1 aliphatic carbocycles. The number of nitrogens with zero attached hydrogens (tertiary/aromatic N) is 2. The number of methoxy groups -OCH3 is 1. The van der Waals surface area contributed by atoms with Gasteiger partial charge in [-0.3, -0.25) is 0 Å². The highest BCUT2D eigenvalue weighted by atomic mass is 16.5. The molecule has 4 nitrogen and oxygen atoms in total. The molecule has 1 aromatic rings. The van der Waals surface area contributed by atoms with Gasteiger partial charge in [-0.15, -0.1) is 0 Å². The molecular formula is C13H21N3O. The van der Waals surface area contributed by atoms with Crippen LogP contribution >= 0.6 is 0 Å². The second kappa shape index (κ2) is 5.96. The Balaban J connectivity index is 2.18. The number of ether oxygens (including phenoxy) is 1. The maximum Gasteiger partial charge on any atom is 0.133 e. The monoisotopic (exact) mass is 235 g/mol. The van der Waals surface area contributed by atoms with E-state index in [1.165, 1.54) is 31.4 Å². The van der Waals surface area contributed by atoms with Crippen LogP contribution in [0.4, 0.5) is 5.82 Å². The van der Waals surface area contributed by atoms with Gasteiger partial charge >= 0.3 is 0 Å². The fraction of sp³-hybridized carbons (Fsp3) is 0.692. The molecule has 0 saturated heterocycles. The summed E-state index contributed by atoms with van der Waals surface area (Å²) in [4.78, 5) is 9.13. The summed E-state index contributed by atoms with van der Waals surface area (Å²) >= 11 is 0. The number of hydrogen-bond acceptors (Lipinski definition) is 4. The van der Waals surface area contributed by atoms with Crippen LogP contribution in [0.25, 0.3) is 0 Å². The molecule has 1 fully saturated rings. The first-order valence-corrected chi connectivity index (χ1v) is 6.38. The zero-order valence-corrected chi connectivity index (χ0v) is 10.7. The van der Waals surface area contributed by atoms with Crippen LogP contribution in [0.2, 0.25) is 0 Å². The number of rotatable bonds is 5. The van der Waals surface area contributed by atoms with Crippen LogP contribution in [0.1, 0.15) is 43.1 Å². The molecule has 0 spiro atoms. The van der Waals surface area contributed by atoms with Gasteiger partial charge in [-0.25, -0.2) is 9.97 Å². The van der Waals surface area contributed by atoms with E-state index in [2.05, 4.69) is 21.4 Å². The number of aromatic nitrogens is 2. The minimum absolute atomic E-state index is 0.631. The molecule has 1 aromatic heterocycles. The Bertz CT molecular complexity index is 362. The molecule has 0 unspecified atom stereocenters. The Morgan fingerprint density at radius 1 is 1.35 bits per heavy atom. The fourth-order valence-electron chi connectivity index (χ4n) is 2.38. The Hall–Kier alpha value is -1.16. The van der Waals surface area contributed by atoms with E-state index in [1.54, 1.807) is 7.11 Å². The zero-order chi connectivity index (χ0) is 12.1. The zero-order valence-electron chi connectivity index (χ0n) is 10.7. The van der Waals surface area contributed by atoms with E-state index in [4.69, 9.17) is 4.74 Å². The van der Waals surface area contributed by atoms with Crippen LogP contribution in [-0.4, -0.2) is 30.7 Å². The van der Waals surface area contributed by atoms with Crippen molar-refractivity contribution < 1.29 is 4.74 Å². The Kier molecular flexibility index (Phi) is 4.31. The number of nitrogens with one attached hydrogen (secondary N) is 1. The van der Waals surface area contributed by atoms with E-state index in [-0.39, 0.29) is 0 Å². The second-order valence-electron chi connectivity index (χ2n) is 4.57. The average Bonchev–Trinajstić information content (AvgIpc) is 2.89. The second-order valence-corrected chi connectivity index (χ2v) is 4.57. The lowest BCUT2D eigenvalue weighted by Gasteiger charge is -2.12. The summed E-state index contributed by atoms with van der Waals surface area (Å²) in [5.74, 6) is 2.44. The smallest absolute Gasteiger partial charge is 0.133 e. The van der Waals surface area contributed by atoms with Gasteiger partial charge < -0.3 is 10.1 Å². The Morgan fingerprint density at radius 3 is 2.76 bits per heavy atom. The highest BCUT2D eigenvalue weighted by Crippen LogP contribution is 2.33. The summed E-state index contributed by atoms with van der Waals surface area (Å²) < 4.78 is 5.08. The summed E-state index contributed by atoms with van der Waals surface area (Å²) in [6, 6.07) is 2.09. The van der Waals surface area contributed by atoms with Crippen molar-refractivity contribution in [2.24, 2.45) is 0 Å². The quantitative estimate of drug-likeness (QED) is 0.851. The van der Waals surface area contributed by atoms with Crippen molar-refractivity contribution in [3.8, 4) is 0 Å². The summed E-state index contributed by atoms with van der Waals surface area (Å²) in [5, 5.41) is 3.12. The van der Waals surface area contributed by atoms with Crippen molar-refractivity contribution in [2.45, 2.75) is 38.0 Å². The lowest BCUT2D eigenvalue weighted by molar-refractivity contribution is 0.200. The van der Waals surface area contributed by atoms with E-state index in [9.17, 15) is 0 Å². The molecule has 0 aromatic carbocycles. The minimum Gasteiger partial charge on any atom is -0.384 e. The van der Waals surface area contributed by atoms with Crippen LogP contribution in [0.15, 0.2) is 6.07 Å². The van der Waals surface area contributed by atoms with Crippen molar-refractivity contribution in [2.75, 3.05) is 26.1 Å². The van der Waals surface area contributed by atoms with E-state index < -0.39 is 0 Å². The maximum absolute atomic E-state index is 5.08. The van der Waals surface area contributed by atoms with Crippen molar-refractivity contribution in [3.63, 3.8) is 0 Å². The third kappa shape index (κ3) is 3.16. The van der Waals surface area contributed by atoms with Crippen molar-refractivity contribution in [1.82, 2.24) is 9.97 Å². The van der Waals surface area contributed by atoms with E-state index in [0.29, 0.717) is 12.5 Å². The molecule has 94 valence electrons. The first-order chi connectivity index (χ1) is 8.33. The third-order valence-electron chi connectivity index (χ3n) is 3.35. The van der Waals surface area contributed by atoms with Gasteiger partial charge in [-0.05, 0) is 12.8 Å². The maximum atomic E-state index is 5.08. The van der Waals surface area contributed by atoms with Crippen LogP contribution in [0, 0.1) is 0 Å². The first kappa shape index (κ1) is 12.3. The molecule has 0 atom stereocenters. The average molecular weight is 235 g/mol. The predicted molar refractivity (Wildman–Crippen MR) is 68.4 cm³/mol. The Morgan fingerprint density at radius 2 is 2.12 bits per heavy atom. The summed E-state index contributed by atoms with van der Waals surface area (Å²) in [5.41, 5.74) is 1.20. The third-order valence-corrected chi connectivity index (χ3v) is 3.35. The molecule has 0 amide bonds. The molecule has 2 rings (SSSR count). The lowest BCUT2D eigenvalue weighted by atomic mass is 10.0. The molecule has 17 heavy (non-hydrogen) atoms. The topological polar surface area (TPSA) is 47.0 Å². The van der Waals surface area contributed by atoms with Crippen LogP contribution in [-0.2, 0) is 11.2 Å². The van der Waals surface area contributed by atoms with Crippen molar-refractivity contribution in [1.29, 1.82) is 0 Å². The number of hydrogen-bond donors (Lipinski definition) is 1. The van der Waals surface area contributed by atoms with E-state index in [0.717, 1.165) is 18.1 Å². The van der Waals surface area contributed by atoms with Crippen LogP contribution in [0.3, 0.4) is 0 Å². The normalized spacial score (nSPS) is 16.4. The minimum atomic E-state index is 0.631. The highest BCUT2D eigenvalue weighted by molar-refractivity contribution is 5.36. The van der Waals surface area contributed by atoms with Gasteiger partial charge in [0.15, 0.2) is 0 Å². The van der Waals surface area contributed by atoms with Gasteiger partial charge in [0.25, 0.3) is 0 Å². The van der Waals surface area contributed by atoms with E-state index >= 15 is 0 Å². The standard InChI is InChI=1S/C13H21N3O/c1-14-13-9-11(10-5-3-4-6-10)15-12(16-13)7-8-17-2/h9-10H,3-8H2,1-2H3,(H,14,15,16). The molecule has 0 bridgehead atoms. The summed E-state index contributed by atoms with van der Waals surface area (Å²) in [7, 11) is 3.61. The summed E-state index contributed by atoms with van der Waals surface area (Å²) in [6.07, 6.45) is 5.98. The molecule has 1 aliphatic rings. The largest absolute Gasteiger partial charge is 0.384 e. The SMILES string of the molecule is CNc1cc(C2CCCC2)nc(CCOC)n1. The fourth-order valence-corrected chi connectivity index (χ4v) is 2.38. The molecular weight excluding hydrogens is 214 g/mol. The molecule has 4 heteroatoms. The van der Waals surface area contributed by atoms with Gasteiger partial charge in [-0.1, -0.05) is 12.8 Å². The molecule has 0 aliphatic heterocycles. The molecule has 0 radical (unpaired) electrons. The predicted octanol–water partition coefficient (Wildman–Crippen LogP) is 2.36. The van der Waals surface area contributed by atoms with Gasteiger partial charge in [0.2, 0.25) is 0 Å². The van der Waals surface area contributed by atoms with Crippen molar-refractivity contribution >= 4 is 5.82 Å². The van der Waals surface area contributed by atoms with Gasteiger partial charge in [0.05, 0.1) is 6.61 Å². The van der Waals surface area contributed by atoms with Gasteiger partial charge in [0, 0.05) is 38.3 Å². The first-order valence-electron chi connectivity index (χ1n) is 6.38. The van der Waals surface area contributed by atoms with Gasteiger partial charge in [-0.2, -0.15) is 0 Å². The number of anilines is 1. The Labute approximate surface area is 103 Å². The summed E-state index contributed by atoms with van der Waals surface area (Å²) in [6.45, 7) is 0.678. The molecule has 1 N–H and O–H groups in total.